The summed E-state index contributed by atoms with van der Waals surface area (Å²) >= 11 is 1.43. The number of hydrogen-bond acceptors (Lipinski definition) is 5. The molecule has 1 N–H and O–H groups in total. The molecule has 0 amide bonds. The van der Waals surface area contributed by atoms with E-state index in [1.807, 2.05) is 24.3 Å². The van der Waals surface area contributed by atoms with E-state index in [-0.39, 0.29) is 6.42 Å². The monoisotopic (exact) mass is 334 g/mol. The standard InChI is InChI=1S/C17H22N2O3S/c1-3-19(4-2)9-10-22-15-7-5-13(6-8-15)17-18-14(12-23-17)11-16(20)21/h5-8,12H,3-4,9-11H2,1-2H3,(H,20,21). The lowest BCUT2D eigenvalue weighted by Gasteiger charge is -2.15. The van der Waals surface area contributed by atoms with Crippen LogP contribution in [0.25, 0.3) is 10.6 Å². The highest BCUT2D eigenvalue weighted by atomic mass is 32.1. The molecule has 0 spiro atoms. The number of nitrogens with one attached hydrogen (secondary N) is 1. The van der Waals surface area contributed by atoms with Gasteiger partial charge in [-0.25, -0.2) is 4.98 Å². The first kappa shape index (κ1) is 17.4. The molecule has 0 aliphatic heterocycles. The Morgan fingerprint density at radius 1 is 1.26 bits per heavy atom. The van der Waals surface area contributed by atoms with Crippen molar-refractivity contribution in [2.45, 2.75) is 20.3 Å². The summed E-state index contributed by atoms with van der Waals surface area (Å²) in [5, 5.41) is 13.1. The third kappa shape index (κ3) is 5.33. The molecular formula is C17H22N2O3S. The first-order valence-electron chi connectivity index (χ1n) is 7.83. The van der Waals surface area contributed by atoms with Crippen molar-refractivity contribution in [3.05, 3.63) is 35.3 Å². The van der Waals surface area contributed by atoms with Crippen molar-refractivity contribution in [1.82, 2.24) is 4.98 Å². The summed E-state index contributed by atoms with van der Waals surface area (Å²) in [6.07, 6.45) is -0.147. The maximum atomic E-state index is 10.6. The zero-order valence-corrected chi connectivity index (χ0v) is 14.3. The Bertz CT molecular complexity index is 621. The van der Waals surface area contributed by atoms with Crippen molar-refractivity contribution < 1.29 is 19.5 Å². The Morgan fingerprint density at radius 3 is 2.57 bits per heavy atom. The fourth-order valence-corrected chi connectivity index (χ4v) is 3.10. The van der Waals surface area contributed by atoms with E-state index in [1.165, 1.54) is 16.2 Å². The molecule has 124 valence electrons. The Balaban J connectivity index is 1.91. The number of carboxylic acid groups (broad SMARTS) is 1. The van der Waals surface area contributed by atoms with Crippen LogP contribution in [-0.2, 0) is 11.2 Å². The second kappa shape index (κ2) is 8.64. The summed E-state index contributed by atoms with van der Waals surface area (Å²) in [6, 6.07) is 7.74. The minimum atomic E-state index is -1.11. The van der Waals surface area contributed by atoms with Crippen LogP contribution in [0.3, 0.4) is 0 Å². The highest BCUT2D eigenvalue weighted by Gasteiger charge is 2.06. The van der Waals surface area contributed by atoms with Gasteiger partial charge in [-0.05, 0) is 38.1 Å². The number of rotatable bonds is 9. The zero-order chi connectivity index (χ0) is 16.7. The Hall–Kier alpha value is -1.92. The van der Waals surface area contributed by atoms with Crippen LogP contribution in [0.5, 0.6) is 5.75 Å². The molecule has 1 aromatic heterocycles. The van der Waals surface area contributed by atoms with Crippen LogP contribution in [0, 0.1) is 0 Å². The number of aliphatic carboxylic acids is 1. The molecule has 0 bridgehead atoms. The number of quaternary nitrogens is 1. The van der Waals surface area contributed by atoms with Crippen molar-refractivity contribution in [2.75, 3.05) is 26.2 Å². The van der Waals surface area contributed by atoms with Gasteiger partial charge in [0.05, 0.1) is 18.8 Å². The molecular weight excluding hydrogens is 312 g/mol. The number of nitrogens with zero attached hydrogens (tertiary/aromatic N) is 1. The minimum Gasteiger partial charge on any atom is -0.550 e. The Morgan fingerprint density at radius 2 is 1.96 bits per heavy atom. The molecule has 5 nitrogen and oxygen atoms in total. The molecule has 1 aromatic carbocycles. The molecule has 0 aliphatic rings. The fourth-order valence-electron chi connectivity index (χ4n) is 2.28. The maximum Gasteiger partial charge on any atom is 0.137 e. The lowest BCUT2D eigenvalue weighted by molar-refractivity contribution is -0.896. The lowest BCUT2D eigenvalue weighted by Crippen LogP contribution is -3.12. The van der Waals surface area contributed by atoms with Gasteiger partial charge in [0.1, 0.15) is 23.9 Å². The molecule has 0 radical (unpaired) electrons. The quantitative estimate of drug-likeness (QED) is 0.721. The molecule has 2 aromatic rings. The second-order valence-electron chi connectivity index (χ2n) is 5.27. The second-order valence-corrected chi connectivity index (χ2v) is 6.13. The van der Waals surface area contributed by atoms with Crippen LogP contribution in [0.1, 0.15) is 19.5 Å². The number of benzene rings is 1. The average molecular weight is 334 g/mol. The van der Waals surface area contributed by atoms with Crippen molar-refractivity contribution in [1.29, 1.82) is 0 Å². The number of carbonyl (C=O) groups excluding carboxylic acids is 1. The highest BCUT2D eigenvalue weighted by molar-refractivity contribution is 7.13. The molecule has 6 heteroatoms. The molecule has 0 unspecified atom stereocenters. The minimum absolute atomic E-state index is 0.147. The fraction of sp³-hybridized carbons (Fsp3) is 0.412. The lowest BCUT2D eigenvalue weighted by atomic mass is 10.2. The van der Waals surface area contributed by atoms with E-state index in [1.54, 1.807) is 5.38 Å². The van der Waals surface area contributed by atoms with E-state index in [0.717, 1.165) is 36.0 Å². The van der Waals surface area contributed by atoms with E-state index in [0.29, 0.717) is 12.3 Å². The topological polar surface area (TPSA) is 66.7 Å². The zero-order valence-electron chi connectivity index (χ0n) is 13.5. The van der Waals surface area contributed by atoms with Gasteiger partial charge in [0.2, 0.25) is 0 Å². The predicted octanol–water partition coefficient (Wildman–Crippen LogP) is 0.406. The van der Waals surface area contributed by atoms with Crippen LogP contribution in [0.2, 0.25) is 0 Å². The van der Waals surface area contributed by atoms with Crippen molar-refractivity contribution in [2.24, 2.45) is 0 Å². The van der Waals surface area contributed by atoms with Gasteiger partial charge in [0, 0.05) is 23.3 Å². The third-order valence-corrected chi connectivity index (χ3v) is 4.64. The summed E-state index contributed by atoms with van der Waals surface area (Å²) in [6.45, 7) is 8.26. The van der Waals surface area contributed by atoms with Crippen LogP contribution >= 0.6 is 11.3 Å². The number of carbonyl (C=O) groups is 1. The van der Waals surface area contributed by atoms with Crippen LogP contribution in [0.15, 0.2) is 29.6 Å². The molecule has 0 fully saturated rings. The van der Waals surface area contributed by atoms with E-state index < -0.39 is 5.97 Å². The first-order chi connectivity index (χ1) is 11.1. The summed E-state index contributed by atoms with van der Waals surface area (Å²) < 4.78 is 5.77. The van der Waals surface area contributed by atoms with Gasteiger partial charge in [-0.1, -0.05) is 0 Å². The number of aromatic nitrogens is 1. The molecule has 0 saturated heterocycles. The molecule has 0 atom stereocenters. The number of carboxylic acids is 1. The number of ether oxygens (including phenoxy) is 1. The summed E-state index contributed by atoms with van der Waals surface area (Å²) in [7, 11) is 0. The van der Waals surface area contributed by atoms with E-state index >= 15 is 0 Å². The average Bonchev–Trinajstić information content (AvgIpc) is 3.00. The van der Waals surface area contributed by atoms with Gasteiger partial charge in [0.15, 0.2) is 0 Å². The number of likely N-dealkylation sites (N-methyl/N-ethyl adjacent to an activating group) is 1. The van der Waals surface area contributed by atoms with Crippen molar-refractivity contribution in [3.63, 3.8) is 0 Å². The van der Waals surface area contributed by atoms with E-state index in [4.69, 9.17) is 4.74 Å². The molecule has 1 heterocycles. The van der Waals surface area contributed by atoms with Gasteiger partial charge >= 0.3 is 0 Å². The summed E-state index contributed by atoms with van der Waals surface area (Å²) in [5.41, 5.74) is 1.49. The van der Waals surface area contributed by atoms with E-state index in [9.17, 15) is 9.90 Å². The first-order valence-corrected chi connectivity index (χ1v) is 8.71. The van der Waals surface area contributed by atoms with Crippen LogP contribution in [0.4, 0.5) is 0 Å². The van der Waals surface area contributed by atoms with Gasteiger partial charge in [-0.2, -0.15) is 0 Å². The normalized spacial score (nSPS) is 10.9. The highest BCUT2D eigenvalue weighted by Crippen LogP contribution is 2.25. The summed E-state index contributed by atoms with van der Waals surface area (Å²) in [5.74, 6) is -0.271. The number of thiazole rings is 1. The van der Waals surface area contributed by atoms with Gasteiger partial charge in [0.25, 0.3) is 0 Å². The van der Waals surface area contributed by atoms with Gasteiger partial charge < -0.3 is 19.5 Å². The molecule has 0 aliphatic carbocycles. The van der Waals surface area contributed by atoms with Crippen molar-refractivity contribution in [3.8, 4) is 16.3 Å². The SMILES string of the molecule is CC[NH+](CC)CCOc1ccc(-c2nc(CC(=O)[O-])cs2)cc1. The largest absolute Gasteiger partial charge is 0.550 e. The van der Waals surface area contributed by atoms with Gasteiger partial charge in [-0.3, -0.25) is 0 Å². The smallest absolute Gasteiger partial charge is 0.137 e. The summed E-state index contributed by atoms with van der Waals surface area (Å²) in [4.78, 5) is 16.4. The Kier molecular flexibility index (Phi) is 6.55. The molecule has 23 heavy (non-hydrogen) atoms. The van der Waals surface area contributed by atoms with Crippen molar-refractivity contribution >= 4 is 17.3 Å². The Labute approximate surface area is 140 Å². The van der Waals surface area contributed by atoms with E-state index in [2.05, 4.69) is 18.8 Å². The van der Waals surface area contributed by atoms with Gasteiger partial charge in [-0.15, -0.1) is 11.3 Å². The van der Waals surface area contributed by atoms with Crippen LogP contribution < -0.4 is 14.7 Å². The molecule has 0 saturated carbocycles. The third-order valence-electron chi connectivity index (χ3n) is 3.70. The predicted molar refractivity (Wildman–Crippen MR) is 88.7 cm³/mol. The molecule has 2 rings (SSSR count). The maximum absolute atomic E-state index is 10.6. The number of hydrogen-bond donors (Lipinski definition) is 1. The van der Waals surface area contributed by atoms with Crippen LogP contribution in [-0.4, -0.2) is 37.2 Å².